The first-order chi connectivity index (χ1) is 12.6. The Labute approximate surface area is 156 Å². The van der Waals surface area contributed by atoms with Gasteiger partial charge in [0.1, 0.15) is 18.7 Å². The number of carbonyl (C=O) groups excluding carboxylic acids is 2. The molecular formula is C18H22N2O5S. The van der Waals surface area contributed by atoms with Gasteiger partial charge < -0.3 is 20.1 Å². The Kier molecular flexibility index (Phi) is 6.03. The minimum atomic E-state index is -0.990. The average Bonchev–Trinajstić information content (AvgIpc) is 2.80. The van der Waals surface area contributed by atoms with Gasteiger partial charge in [-0.1, -0.05) is 30.3 Å². The number of alkyl carbamates (subject to hydrolysis) is 1. The van der Waals surface area contributed by atoms with E-state index >= 15 is 0 Å². The average molecular weight is 378 g/mol. The van der Waals surface area contributed by atoms with Crippen LogP contribution in [-0.2, 0) is 20.9 Å². The fourth-order valence-corrected chi connectivity index (χ4v) is 4.72. The summed E-state index contributed by atoms with van der Waals surface area (Å²) in [7, 11) is 0. The minimum Gasteiger partial charge on any atom is -0.480 e. The summed E-state index contributed by atoms with van der Waals surface area (Å²) in [5.41, 5.74) is 0.854. The number of ether oxygens (including phenoxy) is 1. The number of carboxylic acid groups (broad SMARTS) is 1. The van der Waals surface area contributed by atoms with Crippen LogP contribution < -0.4 is 5.32 Å². The van der Waals surface area contributed by atoms with Crippen LogP contribution in [-0.4, -0.2) is 51.2 Å². The molecule has 2 heterocycles. The Morgan fingerprint density at radius 1 is 1.23 bits per heavy atom. The van der Waals surface area contributed by atoms with Crippen LogP contribution >= 0.6 is 11.8 Å². The van der Waals surface area contributed by atoms with E-state index in [1.165, 1.54) is 4.90 Å². The van der Waals surface area contributed by atoms with Gasteiger partial charge in [-0.05, 0) is 37.0 Å². The number of amides is 2. The highest BCUT2D eigenvalue weighted by Gasteiger charge is 2.43. The van der Waals surface area contributed by atoms with Crippen molar-refractivity contribution in [3.8, 4) is 0 Å². The molecule has 2 N–H and O–H groups in total. The fourth-order valence-electron chi connectivity index (χ4n) is 3.33. The van der Waals surface area contributed by atoms with Crippen LogP contribution in [0.2, 0.25) is 0 Å². The van der Waals surface area contributed by atoms with Crippen LogP contribution in [0.4, 0.5) is 4.79 Å². The van der Waals surface area contributed by atoms with E-state index in [0.717, 1.165) is 18.4 Å². The predicted molar refractivity (Wildman–Crippen MR) is 96.5 cm³/mol. The summed E-state index contributed by atoms with van der Waals surface area (Å²) in [6.07, 6.45) is 1.81. The molecule has 0 radical (unpaired) electrons. The molecule has 2 amide bonds. The van der Waals surface area contributed by atoms with E-state index in [9.17, 15) is 19.5 Å². The molecular weight excluding hydrogens is 356 g/mol. The third-order valence-electron chi connectivity index (χ3n) is 4.63. The second-order valence-electron chi connectivity index (χ2n) is 6.40. The quantitative estimate of drug-likeness (QED) is 0.834. The lowest BCUT2D eigenvalue weighted by Gasteiger charge is -2.39. The Bertz CT molecular complexity index is 669. The molecule has 1 aromatic rings. The molecule has 0 spiro atoms. The first-order valence-electron chi connectivity index (χ1n) is 8.70. The van der Waals surface area contributed by atoms with E-state index in [0.29, 0.717) is 18.6 Å². The lowest BCUT2D eigenvalue weighted by molar-refractivity contribution is -0.153. The number of fused-ring (bicyclic) bond motifs is 1. The zero-order valence-corrected chi connectivity index (χ0v) is 15.1. The number of thioether (sulfide) groups is 1. The van der Waals surface area contributed by atoms with Gasteiger partial charge in [0.2, 0.25) is 5.91 Å². The SMILES string of the molecule is O=C(N[C@H]1CCSC2CCC[C@@H](C(=O)O)N2C1=O)OCc1ccccc1. The normalized spacial score (nSPS) is 25.8. The van der Waals surface area contributed by atoms with Crippen molar-refractivity contribution in [3.05, 3.63) is 35.9 Å². The van der Waals surface area contributed by atoms with E-state index in [1.807, 2.05) is 30.3 Å². The Balaban J connectivity index is 1.62. The molecule has 0 bridgehead atoms. The maximum atomic E-state index is 12.9. The van der Waals surface area contributed by atoms with Gasteiger partial charge in [0.05, 0.1) is 5.37 Å². The van der Waals surface area contributed by atoms with E-state index in [-0.39, 0.29) is 17.9 Å². The molecule has 0 aliphatic carbocycles. The van der Waals surface area contributed by atoms with Crippen LogP contribution in [0, 0.1) is 0 Å². The van der Waals surface area contributed by atoms with Crippen molar-refractivity contribution in [2.45, 2.75) is 49.7 Å². The molecule has 2 saturated heterocycles. The molecule has 3 atom stereocenters. The molecule has 1 unspecified atom stereocenters. The van der Waals surface area contributed by atoms with Gasteiger partial charge >= 0.3 is 12.1 Å². The van der Waals surface area contributed by atoms with Crippen LogP contribution in [0.15, 0.2) is 30.3 Å². The second-order valence-corrected chi connectivity index (χ2v) is 7.69. The van der Waals surface area contributed by atoms with Crippen molar-refractivity contribution in [2.24, 2.45) is 0 Å². The highest BCUT2D eigenvalue weighted by atomic mass is 32.2. The number of hydrogen-bond acceptors (Lipinski definition) is 5. The molecule has 8 heteroatoms. The number of carbonyl (C=O) groups is 3. The van der Waals surface area contributed by atoms with Gasteiger partial charge in [-0.15, -0.1) is 11.8 Å². The summed E-state index contributed by atoms with van der Waals surface area (Å²) in [4.78, 5) is 38.0. The molecule has 3 rings (SSSR count). The monoisotopic (exact) mass is 378 g/mol. The highest BCUT2D eigenvalue weighted by Crippen LogP contribution is 2.34. The van der Waals surface area contributed by atoms with Crippen molar-refractivity contribution in [1.82, 2.24) is 10.2 Å². The maximum Gasteiger partial charge on any atom is 0.408 e. The van der Waals surface area contributed by atoms with Crippen molar-refractivity contribution in [2.75, 3.05) is 5.75 Å². The maximum absolute atomic E-state index is 12.9. The lowest BCUT2D eigenvalue weighted by atomic mass is 10.0. The number of benzene rings is 1. The van der Waals surface area contributed by atoms with Gasteiger partial charge in [-0.25, -0.2) is 9.59 Å². The van der Waals surface area contributed by atoms with Gasteiger partial charge in [-0.2, -0.15) is 0 Å². The number of nitrogens with zero attached hydrogens (tertiary/aromatic N) is 1. The summed E-state index contributed by atoms with van der Waals surface area (Å²) in [5, 5.41) is 11.9. The van der Waals surface area contributed by atoms with Gasteiger partial charge in [0.25, 0.3) is 0 Å². The minimum absolute atomic E-state index is 0.117. The summed E-state index contributed by atoms with van der Waals surface area (Å²) in [6.45, 7) is 0.117. The Hall–Kier alpha value is -2.22. The van der Waals surface area contributed by atoms with Crippen molar-refractivity contribution in [3.63, 3.8) is 0 Å². The molecule has 0 saturated carbocycles. The number of rotatable bonds is 4. The van der Waals surface area contributed by atoms with Gasteiger partial charge in [0.15, 0.2) is 0 Å². The third-order valence-corrected chi connectivity index (χ3v) is 5.95. The first-order valence-corrected chi connectivity index (χ1v) is 9.75. The van der Waals surface area contributed by atoms with E-state index < -0.39 is 24.1 Å². The van der Waals surface area contributed by atoms with E-state index in [2.05, 4.69) is 5.32 Å². The summed E-state index contributed by atoms with van der Waals surface area (Å²) in [5.74, 6) is -0.636. The first kappa shape index (κ1) is 18.6. The van der Waals surface area contributed by atoms with Gasteiger partial charge in [-0.3, -0.25) is 4.79 Å². The number of aliphatic carboxylic acids is 1. The number of piperidine rings is 1. The number of nitrogens with one attached hydrogen (secondary N) is 1. The van der Waals surface area contributed by atoms with E-state index in [4.69, 9.17) is 4.74 Å². The summed E-state index contributed by atoms with van der Waals surface area (Å²) in [6, 6.07) is 7.69. The van der Waals surface area contributed by atoms with Crippen molar-refractivity contribution < 1.29 is 24.2 Å². The van der Waals surface area contributed by atoms with Crippen molar-refractivity contribution in [1.29, 1.82) is 0 Å². The summed E-state index contributed by atoms with van der Waals surface area (Å²) >= 11 is 1.58. The largest absolute Gasteiger partial charge is 0.480 e. The molecule has 2 aliphatic heterocycles. The molecule has 140 valence electrons. The van der Waals surface area contributed by atoms with Crippen LogP contribution in [0.25, 0.3) is 0 Å². The molecule has 0 aromatic heterocycles. The Morgan fingerprint density at radius 3 is 2.73 bits per heavy atom. The zero-order valence-electron chi connectivity index (χ0n) is 14.3. The topological polar surface area (TPSA) is 95.9 Å². The lowest BCUT2D eigenvalue weighted by Crippen LogP contribution is -2.57. The molecule has 26 heavy (non-hydrogen) atoms. The smallest absolute Gasteiger partial charge is 0.408 e. The van der Waals surface area contributed by atoms with Crippen LogP contribution in [0.3, 0.4) is 0 Å². The Morgan fingerprint density at radius 2 is 2.00 bits per heavy atom. The van der Waals surface area contributed by atoms with E-state index in [1.54, 1.807) is 11.8 Å². The molecule has 1 aromatic carbocycles. The van der Waals surface area contributed by atoms with Gasteiger partial charge in [0, 0.05) is 0 Å². The zero-order chi connectivity index (χ0) is 18.5. The number of carboxylic acids is 1. The fraction of sp³-hybridized carbons (Fsp3) is 0.500. The standard InChI is InChI=1S/C18H22N2O5S/c21-16-13(19-18(24)25-11-12-5-2-1-3-6-12)9-10-26-15-8-4-7-14(17(22)23)20(15)16/h1-3,5-6,13-15H,4,7-11H2,(H,19,24)(H,22,23)/t13-,14-,15?/m0/s1. The molecule has 2 fully saturated rings. The predicted octanol–water partition coefficient (Wildman–Crippen LogP) is 2.21. The highest BCUT2D eigenvalue weighted by molar-refractivity contribution is 7.99. The molecule has 2 aliphatic rings. The molecule has 7 nitrogen and oxygen atoms in total. The van der Waals surface area contributed by atoms with Crippen LogP contribution in [0.1, 0.15) is 31.2 Å². The van der Waals surface area contributed by atoms with Crippen molar-refractivity contribution >= 4 is 29.7 Å². The number of hydrogen-bond donors (Lipinski definition) is 2. The third kappa shape index (κ3) is 4.30. The second kappa shape index (κ2) is 8.44. The van der Waals surface area contributed by atoms with Crippen LogP contribution in [0.5, 0.6) is 0 Å². The summed E-state index contributed by atoms with van der Waals surface area (Å²) < 4.78 is 5.19.